The molecule has 0 rings (SSSR count). The average molecular weight is 429 g/mol. The van der Waals surface area contributed by atoms with E-state index < -0.39 is 15.4 Å². The fourth-order valence-electron chi connectivity index (χ4n) is 3.63. The summed E-state index contributed by atoms with van der Waals surface area (Å²) in [5, 5.41) is 8.52. The third kappa shape index (κ3) is 21.6. The first-order valence-electron chi connectivity index (χ1n) is 11.5. The van der Waals surface area contributed by atoms with Gasteiger partial charge in [0.2, 0.25) is 0 Å². The number of hydrogen-bond donors (Lipinski definition) is 1. The standard InChI is InChI=1S/C22H46O4S.Na/c1-3-4-5-6-7-8-9-10-13-16-19-22(27(24,25)26)20-17-14-11-12-15-18-21(2)23;/h21-23H,3-20H2,1-2H3,(H,24,25,26);/q;+1/p-1. The molecule has 1 N–H and O–H groups in total. The number of unbranched alkanes of at least 4 members (excludes halogenated alkanes) is 13. The molecule has 0 aromatic rings. The smallest absolute Gasteiger partial charge is 0.748 e. The molecule has 0 aliphatic rings. The van der Waals surface area contributed by atoms with E-state index in [-0.39, 0.29) is 35.7 Å². The molecule has 28 heavy (non-hydrogen) atoms. The van der Waals surface area contributed by atoms with Crippen LogP contribution in [0.25, 0.3) is 0 Å². The summed E-state index contributed by atoms with van der Waals surface area (Å²) in [6.45, 7) is 4.03. The Hall–Kier alpha value is 0.870. The largest absolute Gasteiger partial charge is 1.00 e. The summed E-state index contributed by atoms with van der Waals surface area (Å²) in [5.74, 6) is 0. The molecule has 0 aromatic carbocycles. The summed E-state index contributed by atoms with van der Waals surface area (Å²) < 4.78 is 34.4. The van der Waals surface area contributed by atoms with Crippen LogP contribution in [0.3, 0.4) is 0 Å². The molecular formula is C22H45NaO4S. The van der Waals surface area contributed by atoms with Gasteiger partial charge < -0.3 is 9.66 Å². The van der Waals surface area contributed by atoms with Crippen molar-refractivity contribution in [3.05, 3.63) is 0 Å². The molecule has 0 aromatic heterocycles. The molecule has 2 unspecified atom stereocenters. The predicted octanol–water partition coefficient (Wildman–Crippen LogP) is 3.33. The van der Waals surface area contributed by atoms with Crippen molar-refractivity contribution in [2.75, 3.05) is 0 Å². The maximum Gasteiger partial charge on any atom is 1.00 e. The fourth-order valence-corrected chi connectivity index (χ4v) is 4.55. The van der Waals surface area contributed by atoms with Gasteiger partial charge in [0.15, 0.2) is 0 Å². The Bertz CT molecular complexity index is 413. The second kappa shape index (κ2) is 21.1. The van der Waals surface area contributed by atoms with Crippen molar-refractivity contribution in [1.29, 1.82) is 0 Å². The zero-order valence-electron chi connectivity index (χ0n) is 19.0. The second-order valence-corrected chi connectivity index (χ2v) is 9.93. The second-order valence-electron chi connectivity index (χ2n) is 8.28. The predicted molar refractivity (Wildman–Crippen MR) is 114 cm³/mol. The van der Waals surface area contributed by atoms with Crippen LogP contribution in [0.4, 0.5) is 0 Å². The molecule has 6 heteroatoms. The third-order valence-corrected chi connectivity index (χ3v) is 6.72. The summed E-state index contributed by atoms with van der Waals surface area (Å²) >= 11 is 0. The molecule has 0 aliphatic heterocycles. The maximum atomic E-state index is 11.5. The molecule has 2 atom stereocenters. The van der Waals surface area contributed by atoms with Crippen LogP contribution in [0.5, 0.6) is 0 Å². The first-order valence-corrected chi connectivity index (χ1v) is 13.0. The van der Waals surface area contributed by atoms with Crippen LogP contribution < -0.4 is 29.6 Å². The number of aliphatic hydroxyl groups is 1. The average Bonchev–Trinajstić information content (AvgIpc) is 2.59. The van der Waals surface area contributed by atoms with Crippen LogP contribution >= 0.6 is 0 Å². The van der Waals surface area contributed by atoms with E-state index in [1.165, 1.54) is 44.9 Å². The van der Waals surface area contributed by atoms with Crippen molar-refractivity contribution in [2.45, 2.75) is 141 Å². The van der Waals surface area contributed by atoms with E-state index in [4.69, 9.17) is 0 Å². The topological polar surface area (TPSA) is 77.4 Å². The van der Waals surface area contributed by atoms with Gasteiger partial charge in [-0.2, -0.15) is 0 Å². The van der Waals surface area contributed by atoms with Crippen molar-refractivity contribution < 1.29 is 47.6 Å². The molecule has 0 radical (unpaired) electrons. The van der Waals surface area contributed by atoms with Crippen LogP contribution in [0.15, 0.2) is 0 Å². The molecule has 0 saturated carbocycles. The van der Waals surface area contributed by atoms with Gasteiger partial charge in [-0.25, -0.2) is 8.42 Å². The van der Waals surface area contributed by atoms with E-state index >= 15 is 0 Å². The summed E-state index contributed by atoms with van der Waals surface area (Å²) in [7, 11) is -4.17. The molecule has 0 heterocycles. The molecule has 0 fully saturated rings. The minimum Gasteiger partial charge on any atom is -0.748 e. The zero-order chi connectivity index (χ0) is 20.4. The third-order valence-electron chi connectivity index (χ3n) is 5.44. The van der Waals surface area contributed by atoms with Gasteiger partial charge in [0, 0.05) is 5.25 Å². The van der Waals surface area contributed by atoms with Gasteiger partial charge in [-0.15, -0.1) is 0 Å². The zero-order valence-corrected chi connectivity index (χ0v) is 21.8. The first-order chi connectivity index (χ1) is 12.9. The van der Waals surface area contributed by atoms with Gasteiger partial charge in [0.1, 0.15) is 0 Å². The van der Waals surface area contributed by atoms with Crippen molar-refractivity contribution in [2.24, 2.45) is 0 Å². The summed E-state index contributed by atoms with van der Waals surface area (Å²) in [6.07, 6.45) is 18.8. The quantitative estimate of drug-likeness (QED) is 0.183. The van der Waals surface area contributed by atoms with Crippen LogP contribution in [0.2, 0.25) is 0 Å². The van der Waals surface area contributed by atoms with Crippen LogP contribution in [-0.4, -0.2) is 29.4 Å². The number of aliphatic hydroxyl groups excluding tert-OH is 1. The van der Waals surface area contributed by atoms with Crippen LogP contribution in [0.1, 0.15) is 129 Å². The Morgan fingerprint density at radius 1 is 0.679 bits per heavy atom. The summed E-state index contributed by atoms with van der Waals surface area (Å²) in [6, 6.07) is 0. The van der Waals surface area contributed by atoms with E-state index in [0.29, 0.717) is 12.8 Å². The van der Waals surface area contributed by atoms with Gasteiger partial charge in [-0.3, -0.25) is 0 Å². The Kier molecular flexibility index (Phi) is 23.4. The number of hydrogen-bond acceptors (Lipinski definition) is 4. The molecule has 164 valence electrons. The minimum absolute atomic E-state index is 0. The molecule has 0 amide bonds. The molecule has 4 nitrogen and oxygen atoms in total. The van der Waals surface area contributed by atoms with E-state index in [1.54, 1.807) is 6.92 Å². The monoisotopic (exact) mass is 428 g/mol. The van der Waals surface area contributed by atoms with E-state index in [1.807, 2.05) is 0 Å². The normalized spacial score (nSPS) is 13.9. The van der Waals surface area contributed by atoms with Crippen LogP contribution in [-0.2, 0) is 10.1 Å². The van der Waals surface area contributed by atoms with Crippen molar-refractivity contribution in [1.82, 2.24) is 0 Å². The Labute approximate surface area is 197 Å². The van der Waals surface area contributed by atoms with Gasteiger partial charge in [0.05, 0.1) is 16.2 Å². The van der Waals surface area contributed by atoms with E-state index in [2.05, 4.69) is 6.92 Å². The summed E-state index contributed by atoms with van der Waals surface area (Å²) in [5.41, 5.74) is 0. The molecule has 0 bridgehead atoms. The van der Waals surface area contributed by atoms with E-state index in [0.717, 1.165) is 57.8 Å². The Morgan fingerprint density at radius 3 is 1.32 bits per heavy atom. The van der Waals surface area contributed by atoms with Crippen molar-refractivity contribution in [3.8, 4) is 0 Å². The van der Waals surface area contributed by atoms with Crippen molar-refractivity contribution in [3.63, 3.8) is 0 Å². The first kappa shape index (κ1) is 31.1. The summed E-state index contributed by atoms with van der Waals surface area (Å²) in [4.78, 5) is 0. The maximum absolute atomic E-state index is 11.5. The minimum atomic E-state index is -4.17. The SMILES string of the molecule is CCCCCCCCCCCCC(CCCCCCCC(C)O)S(=O)(=O)[O-].[Na+]. The molecule has 0 saturated heterocycles. The van der Waals surface area contributed by atoms with Gasteiger partial charge in [0.25, 0.3) is 0 Å². The fraction of sp³-hybridized carbons (Fsp3) is 1.00. The van der Waals surface area contributed by atoms with Crippen LogP contribution in [0, 0.1) is 0 Å². The molecule has 0 spiro atoms. The molecule has 0 aliphatic carbocycles. The van der Waals surface area contributed by atoms with Gasteiger partial charge >= 0.3 is 29.6 Å². The number of rotatable bonds is 20. The molecular weight excluding hydrogens is 383 g/mol. The van der Waals surface area contributed by atoms with E-state index in [9.17, 15) is 18.1 Å². The van der Waals surface area contributed by atoms with Gasteiger partial charge in [-0.05, 0) is 26.2 Å². The van der Waals surface area contributed by atoms with Crippen molar-refractivity contribution >= 4 is 10.1 Å². The van der Waals surface area contributed by atoms with Gasteiger partial charge in [-0.1, -0.05) is 103 Å². The Balaban J connectivity index is 0. The Morgan fingerprint density at radius 2 is 1.00 bits per heavy atom.